The van der Waals surface area contributed by atoms with Crippen LogP contribution in [0.1, 0.15) is 22.2 Å². The van der Waals surface area contributed by atoms with Crippen LogP contribution < -0.4 is 5.43 Å². The second kappa shape index (κ2) is 6.51. The van der Waals surface area contributed by atoms with Crippen molar-refractivity contribution < 1.29 is 15.0 Å². The summed E-state index contributed by atoms with van der Waals surface area (Å²) >= 11 is 7.55. The Hall–Kier alpha value is -2.57. The molecule has 0 aliphatic rings. The minimum absolute atomic E-state index is 0.0508. The lowest BCUT2D eigenvalue weighted by atomic mass is 10.1. The van der Waals surface area contributed by atoms with Gasteiger partial charge < -0.3 is 10.2 Å². The van der Waals surface area contributed by atoms with Crippen LogP contribution in [0.25, 0.3) is 10.1 Å². The molecular weight excluding hydrogens is 348 g/mol. The molecule has 0 bridgehead atoms. The van der Waals surface area contributed by atoms with E-state index in [-0.39, 0.29) is 11.5 Å². The smallest absolute Gasteiger partial charge is 0.283 e. The van der Waals surface area contributed by atoms with Crippen molar-refractivity contribution in [1.29, 1.82) is 0 Å². The summed E-state index contributed by atoms with van der Waals surface area (Å²) in [6.45, 7) is 1.64. The molecule has 5 nitrogen and oxygen atoms in total. The van der Waals surface area contributed by atoms with Crippen molar-refractivity contribution in [3.63, 3.8) is 0 Å². The Kier molecular flexibility index (Phi) is 4.42. The third-order valence-corrected chi connectivity index (χ3v) is 5.11. The number of rotatable bonds is 3. The highest BCUT2D eigenvalue weighted by Crippen LogP contribution is 2.35. The number of carbonyl (C=O) groups is 1. The summed E-state index contributed by atoms with van der Waals surface area (Å²) in [6, 6.07) is 11.6. The van der Waals surface area contributed by atoms with E-state index in [0.717, 1.165) is 10.1 Å². The normalized spacial score (nSPS) is 11.7. The summed E-state index contributed by atoms with van der Waals surface area (Å²) in [7, 11) is 0. The van der Waals surface area contributed by atoms with Gasteiger partial charge in [0, 0.05) is 21.7 Å². The molecule has 0 saturated carbocycles. The minimum atomic E-state index is -0.418. The molecule has 1 amide bonds. The zero-order chi connectivity index (χ0) is 17.3. The molecule has 0 aliphatic carbocycles. The molecule has 24 heavy (non-hydrogen) atoms. The molecule has 0 radical (unpaired) electrons. The summed E-state index contributed by atoms with van der Waals surface area (Å²) in [6.07, 6.45) is 0. The predicted molar refractivity (Wildman–Crippen MR) is 96.3 cm³/mol. The van der Waals surface area contributed by atoms with E-state index in [2.05, 4.69) is 10.5 Å². The maximum absolute atomic E-state index is 12.3. The topological polar surface area (TPSA) is 81.9 Å². The van der Waals surface area contributed by atoms with E-state index in [0.29, 0.717) is 21.2 Å². The molecule has 0 spiro atoms. The number of nitrogens with zero attached hydrogens (tertiary/aromatic N) is 1. The predicted octanol–water partition coefficient (Wildman–Crippen LogP) is 4.12. The van der Waals surface area contributed by atoms with E-state index in [1.54, 1.807) is 6.92 Å². The molecule has 0 aliphatic heterocycles. The molecule has 0 atom stereocenters. The number of nitrogens with one attached hydrogen (secondary N) is 1. The summed E-state index contributed by atoms with van der Waals surface area (Å²) < 4.78 is 0.921. The van der Waals surface area contributed by atoms with Gasteiger partial charge in [0.1, 0.15) is 16.4 Å². The Bertz CT molecular complexity index is 966. The number of hydrazone groups is 1. The van der Waals surface area contributed by atoms with E-state index >= 15 is 0 Å². The van der Waals surface area contributed by atoms with Gasteiger partial charge in [0.2, 0.25) is 0 Å². The van der Waals surface area contributed by atoms with Gasteiger partial charge in [0.15, 0.2) is 0 Å². The highest BCUT2D eigenvalue weighted by Gasteiger charge is 2.16. The molecular formula is C17H13ClN2O3S. The third kappa shape index (κ3) is 3.06. The summed E-state index contributed by atoms with van der Waals surface area (Å²) in [5, 5.41) is 24.3. The van der Waals surface area contributed by atoms with E-state index in [1.165, 1.54) is 29.5 Å². The van der Waals surface area contributed by atoms with Crippen LogP contribution in [0.3, 0.4) is 0 Å². The van der Waals surface area contributed by atoms with Crippen LogP contribution >= 0.6 is 22.9 Å². The zero-order valence-electron chi connectivity index (χ0n) is 12.6. The lowest BCUT2D eigenvalue weighted by Gasteiger charge is -2.05. The van der Waals surface area contributed by atoms with E-state index in [4.69, 9.17) is 11.6 Å². The monoisotopic (exact) mass is 360 g/mol. The number of thiophene rings is 1. The molecule has 2 aromatic carbocycles. The van der Waals surface area contributed by atoms with Crippen LogP contribution in [-0.2, 0) is 0 Å². The number of phenolic OH excluding ortho intramolecular Hbond substituents is 2. The minimum Gasteiger partial charge on any atom is -0.508 e. The number of carbonyl (C=O) groups excluding carboxylic acids is 1. The Morgan fingerprint density at radius 3 is 2.67 bits per heavy atom. The van der Waals surface area contributed by atoms with Gasteiger partial charge >= 0.3 is 0 Å². The van der Waals surface area contributed by atoms with Crippen LogP contribution in [-0.4, -0.2) is 21.8 Å². The first-order chi connectivity index (χ1) is 11.5. The number of hydrogen-bond donors (Lipinski definition) is 3. The van der Waals surface area contributed by atoms with E-state index in [9.17, 15) is 15.0 Å². The van der Waals surface area contributed by atoms with Gasteiger partial charge in [-0.2, -0.15) is 5.10 Å². The first kappa shape index (κ1) is 16.3. The molecule has 0 saturated heterocycles. The molecule has 122 valence electrons. The lowest BCUT2D eigenvalue weighted by molar-refractivity contribution is 0.0959. The maximum atomic E-state index is 12.3. The SMILES string of the molecule is C/C(=N\NC(=O)c1sc2ccccc2c1Cl)c1ccc(O)cc1O. The van der Waals surface area contributed by atoms with Crippen LogP contribution in [0.4, 0.5) is 0 Å². The number of amides is 1. The van der Waals surface area contributed by atoms with Crippen LogP contribution in [0.5, 0.6) is 11.5 Å². The molecule has 3 aromatic rings. The molecule has 7 heteroatoms. The first-order valence-corrected chi connectivity index (χ1v) is 8.21. The number of fused-ring (bicyclic) bond motifs is 1. The van der Waals surface area contributed by atoms with Gasteiger partial charge in [-0.1, -0.05) is 29.8 Å². The fourth-order valence-electron chi connectivity index (χ4n) is 2.23. The van der Waals surface area contributed by atoms with Crippen molar-refractivity contribution in [1.82, 2.24) is 5.43 Å². The molecule has 0 unspecified atom stereocenters. The Morgan fingerprint density at radius 2 is 1.96 bits per heavy atom. The second-order valence-electron chi connectivity index (χ2n) is 5.08. The summed E-state index contributed by atoms with van der Waals surface area (Å²) in [5.41, 5.74) is 3.26. The van der Waals surface area contributed by atoms with Crippen molar-refractivity contribution in [2.45, 2.75) is 6.92 Å². The van der Waals surface area contributed by atoms with Gasteiger partial charge in [-0.3, -0.25) is 4.79 Å². The van der Waals surface area contributed by atoms with Gasteiger partial charge in [0.25, 0.3) is 5.91 Å². The van der Waals surface area contributed by atoms with E-state index < -0.39 is 5.91 Å². The Balaban J connectivity index is 1.84. The largest absolute Gasteiger partial charge is 0.508 e. The van der Waals surface area contributed by atoms with Crippen LogP contribution in [0.15, 0.2) is 47.6 Å². The van der Waals surface area contributed by atoms with Crippen LogP contribution in [0, 0.1) is 0 Å². The van der Waals surface area contributed by atoms with Crippen molar-refractivity contribution in [2.24, 2.45) is 5.10 Å². The number of phenols is 2. The molecule has 1 heterocycles. The Labute approximate surface area is 146 Å². The fraction of sp³-hybridized carbons (Fsp3) is 0.0588. The quantitative estimate of drug-likeness (QED) is 0.485. The van der Waals surface area contributed by atoms with Gasteiger partial charge in [-0.05, 0) is 25.1 Å². The molecule has 3 N–H and O–H groups in total. The number of hydrogen-bond acceptors (Lipinski definition) is 5. The average molecular weight is 361 g/mol. The molecule has 1 aromatic heterocycles. The van der Waals surface area contributed by atoms with Gasteiger partial charge in [-0.25, -0.2) is 5.43 Å². The van der Waals surface area contributed by atoms with Gasteiger partial charge in [-0.15, -0.1) is 11.3 Å². The highest BCUT2D eigenvalue weighted by molar-refractivity contribution is 7.21. The highest BCUT2D eigenvalue weighted by atomic mass is 35.5. The maximum Gasteiger partial charge on any atom is 0.283 e. The second-order valence-corrected chi connectivity index (χ2v) is 6.51. The van der Waals surface area contributed by atoms with Crippen LogP contribution in [0.2, 0.25) is 5.02 Å². The third-order valence-electron chi connectivity index (χ3n) is 3.44. The zero-order valence-corrected chi connectivity index (χ0v) is 14.1. The first-order valence-electron chi connectivity index (χ1n) is 7.01. The average Bonchev–Trinajstić information content (AvgIpc) is 2.90. The van der Waals surface area contributed by atoms with Gasteiger partial charge in [0.05, 0.1) is 10.7 Å². The lowest BCUT2D eigenvalue weighted by Crippen LogP contribution is -2.18. The fourth-order valence-corrected chi connectivity index (χ4v) is 3.64. The number of halogens is 1. The number of benzene rings is 2. The Morgan fingerprint density at radius 1 is 1.21 bits per heavy atom. The van der Waals surface area contributed by atoms with Crippen molar-refractivity contribution >= 4 is 44.6 Å². The van der Waals surface area contributed by atoms with Crippen molar-refractivity contribution in [2.75, 3.05) is 0 Å². The number of aromatic hydroxyl groups is 2. The van der Waals surface area contributed by atoms with E-state index in [1.807, 2.05) is 24.3 Å². The summed E-state index contributed by atoms with van der Waals surface area (Å²) in [5.74, 6) is -0.589. The molecule has 0 fully saturated rings. The molecule has 3 rings (SSSR count). The van der Waals surface area contributed by atoms with Crippen molar-refractivity contribution in [3.8, 4) is 11.5 Å². The van der Waals surface area contributed by atoms with Crippen molar-refractivity contribution in [3.05, 3.63) is 57.9 Å². The standard InChI is InChI=1S/C17H13ClN2O3S/c1-9(11-7-6-10(21)8-13(11)22)19-20-17(23)16-15(18)12-4-2-3-5-14(12)24-16/h2-8,21-22H,1H3,(H,20,23)/b19-9+. The summed E-state index contributed by atoms with van der Waals surface area (Å²) in [4.78, 5) is 12.7.